The molecule has 6 heteroatoms. The molecule has 0 aromatic heterocycles. The predicted octanol–water partition coefficient (Wildman–Crippen LogP) is 13.5. The third-order valence-corrected chi connectivity index (χ3v) is 12.0. The van der Waals surface area contributed by atoms with E-state index in [0.29, 0.717) is 6.42 Å². The molecule has 0 aromatic rings. The summed E-state index contributed by atoms with van der Waals surface area (Å²) in [5.74, 6) is 3.30. The highest BCUT2D eigenvalue weighted by atomic mass is 28.3. The first-order valence-corrected chi connectivity index (χ1v) is 30.6. The quantitative estimate of drug-likeness (QED) is 0.0536. The minimum Gasteiger partial charge on any atom is -0.389 e. The first-order valence-electron chi connectivity index (χ1n) is 20.0. The molecule has 0 bridgehead atoms. The number of carbonyl (C=O) groups is 1. The van der Waals surface area contributed by atoms with Crippen molar-refractivity contribution in [2.75, 3.05) is 0 Å². The van der Waals surface area contributed by atoms with Crippen LogP contribution >= 0.6 is 0 Å². The maximum Gasteiger partial charge on any atom is 0.129 e. The molecule has 0 saturated carbocycles. The number of aliphatic hydroxyl groups excluding tert-OH is 2. The monoisotopic (exact) mass is 725 g/mol. The van der Waals surface area contributed by atoms with Crippen LogP contribution in [0, 0.1) is 11.5 Å². The molecular weight excluding hydrogens is 637 g/mol. The van der Waals surface area contributed by atoms with Crippen molar-refractivity contribution in [1.29, 1.82) is 0 Å². The number of carbonyl (C=O) groups excluding carboxylic acids is 1. The van der Waals surface area contributed by atoms with E-state index in [1.807, 2.05) is 6.92 Å². The van der Waals surface area contributed by atoms with Crippen LogP contribution in [0.3, 0.4) is 0 Å². The summed E-state index contributed by atoms with van der Waals surface area (Å²) < 4.78 is 0. The van der Waals surface area contributed by atoms with Crippen LogP contribution in [-0.4, -0.2) is 52.9 Å². The van der Waals surface area contributed by atoms with Crippen molar-refractivity contribution in [2.45, 2.75) is 228 Å². The van der Waals surface area contributed by atoms with E-state index in [4.69, 9.17) is 0 Å². The first kappa shape index (κ1) is 54.1. The number of aliphatic hydroxyl groups is 2. The Morgan fingerprint density at radius 2 is 1.10 bits per heavy atom. The van der Waals surface area contributed by atoms with Crippen LogP contribution in [-0.2, 0) is 4.79 Å². The minimum atomic E-state index is -1.33. The Morgan fingerprint density at radius 1 is 0.646 bits per heavy atom. The van der Waals surface area contributed by atoms with Crippen LogP contribution in [0.1, 0.15) is 157 Å². The summed E-state index contributed by atoms with van der Waals surface area (Å²) in [5, 5.41) is 21.4. The van der Waals surface area contributed by atoms with Crippen LogP contribution in [0.4, 0.5) is 0 Å². The lowest BCUT2D eigenvalue weighted by Crippen LogP contribution is -2.32. The van der Waals surface area contributed by atoms with E-state index in [1.165, 1.54) is 87.8 Å². The van der Waals surface area contributed by atoms with Crippen molar-refractivity contribution >= 4 is 30.5 Å². The SMILES string of the molecule is CCC=O.CCCCCC/C(=C\[Si](C)(C)C)C(O)CC.CCCCCC/C=C(/C(O)CC)[Si](C)(C)C.CCCCCCC#C[Si](C)(C)C. The molecule has 0 radical (unpaired) electrons. The fourth-order valence-corrected chi connectivity index (χ4v) is 8.93. The van der Waals surface area contributed by atoms with Crippen molar-refractivity contribution in [3.63, 3.8) is 0 Å². The Kier molecular flexibility index (Phi) is 39.1. The smallest absolute Gasteiger partial charge is 0.129 e. The number of allylic oxidation sites excluding steroid dienone is 1. The molecule has 0 amide bonds. The molecule has 2 N–H and O–H groups in total. The van der Waals surface area contributed by atoms with Crippen molar-refractivity contribution < 1.29 is 15.0 Å². The van der Waals surface area contributed by atoms with Gasteiger partial charge in [0.15, 0.2) is 0 Å². The number of hydrogen-bond acceptors (Lipinski definition) is 3. The van der Waals surface area contributed by atoms with Crippen molar-refractivity contribution in [2.24, 2.45) is 0 Å². The Morgan fingerprint density at radius 3 is 1.48 bits per heavy atom. The molecule has 286 valence electrons. The highest BCUT2D eigenvalue weighted by molar-refractivity contribution is 6.84. The zero-order valence-electron chi connectivity index (χ0n) is 35.4. The highest BCUT2D eigenvalue weighted by Crippen LogP contribution is 2.22. The van der Waals surface area contributed by atoms with E-state index in [1.54, 1.807) is 0 Å². The Labute approximate surface area is 306 Å². The molecule has 0 saturated heterocycles. The normalized spacial score (nSPS) is 13.4. The van der Waals surface area contributed by atoms with Crippen LogP contribution in [0.25, 0.3) is 0 Å². The molecule has 0 heterocycles. The topological polar surface area (TPSA) is 57.5 Å². The number of hydrogen-bond donors (Lipinski definition) is 2. The Bertz CT molecular complexity index is 833. The molecule has 48 heavy (non-hydrogen) atoms. The highest BCUT2D eigenvalue weighted by Gasteiger charge is 2.24. The van der Waals surface area contributed by atoms with Gasteiger partial charge in [0.1, 0.15) is 14.4 Å². The third kappa shape index (κ3) is 43.3. The lowest BCUT2D eigenvalue weighted by molar-refractivity contribution is -0.107. The molecule has 0 aromatic carbocycles. The second-order valence-corrected chi connectivity index (χ2v) is 31.3. The summed E-state index contributed by atoms with van der Waals surface area (Å²) in [6.45, 7) is 33.5. The molecule has 2 unspecified atom stereocenters. The molecule has 0 spiro atoms. The van der Waals surface area contributed by atoms with Gasteiger partial charge in [0, 0.05) is 12.8 Å². The van der Waals surface area contributed by atoms with Crippen LogP contribution < -0.4 is 0 Å². The molecule has 0 aliphatic carbocycles. The summed E-state index contributed by atoms with van der Waals surface area (Å²) in [6, 6.07) is 0. The van der Waals surface area contributed by atoms with E-state index in [9.17, 15) is 15.0 Å². The Hall–Kier alpha value is -0.719. The van der Waals surface area contributed by atoms with Crippen LogP contribution in [0.15, 0.2) is 22.5 Å². The fraction of sp³-hybridized carbons (Fsp3) is 0.833. The number of rotatable bonds is 21. The van der Waals surface area contributed by atoms with E-state index < -0.39 is 24.2 Å². The van der Waals surface area contributed by atoms with Gasteiger partial charge in [0.05, 0.1) is 28.4 Å². The number of unbranched alkanes of at least 4 members (excludes halogenated alkanes) is 11. The van der Waals surface area contributed by atoms with E-state index in [2.05, 4.69) is 117 Å². The summed E-state index contributed by atoms with van der Waals surface area (Å²) in [5.41, 5.74) is 7.09. The van der Waals surface area contributed by atoms with Crippen LogP contribution in [0.5, 0.6) is 0 Å². The molecule has 0 rings (SSSR count). The second-order valence-electron chi connectivity index (χ2n) is 16.4. The van der Waals surface area contributed by atoms with Crippen LogP contribution in [0.2, 0.25) is 58.9 Å². The largest absolute Gasteiger partial charge is 0.389 e. The molecule has 0 aliphatic heterocycles. The van der Waals surface area contributed by atoms with E-state index in [-0.39, 0.29) is 12.2 Å². The molecule has 0 fully saturated rings. The maximum atomic E-state index is 10.0. The average molecular weight is 725 g/mol. The van der Waals surface area contributed by atoms with Gasteiger partial charge in [0.2, 0.25) is 0 Å². The van der Waals surface area contributed by atoms with Gasteiger partial charge in [-0.25, -0.2) is 0 Å². The third-order valence-electron chi connectivity index (χ3n) is 7.57. The van der Waals surface area contributed by atoms with Gasteiger partial charge >= 0.3 is 0 Å². The standard InChI is InChI=1S/2C14H30OSi.C11H22Si.C3H6O/c1-6-8-9-10-11-13(14(15)7-2)12-16(3,4)5;1-6-8-9-10-11-12-14(13(15)7-2)16(3,4)5;1-5-6-7-8-9-10-11-12(2,3)4;1-2-3-4/h12,14-15H,6-11H2,1-5H3;12-13,15H,6-11H2,1-5H3;5-9H2,1-4H3;3H,2H2,1H3/b13-12+;14-12-;;. The second kappa shape index (κ2) is 34.7. The molecular formula is C42H88O3Si3. The van der Waals surface area contributed by atoms with Crippen molar-refractivity contribution in [3.05, 3.63) is 22.5 Å². The van der Waals surface area contributed by atoms with E-state index in [0.717, 1.165) is 38.4 Å². The van der Waals surface area contributed by atoms with Crippen molar-refractivity contribution in [3.8, 4) is 11.5 Å². The maximum absolute atomic E-state index is 10.0. The van der Waals surface area contributed by atoms with Gasteiger partial charge in [-0.05, 0) is 50.5 Å². The summed E-state index contributed by atoms with van der Waals surface area (Å²) in [7, 11) is -3.60. The molecule has 2 atom stereocenters. The van der Waals surface area contributed by atoms with Gasteiger partial charge in [-0.2, -0.15) is 0 Å². The Balaban J connectivity index is -0.000000288. The van der Waals surface area contributed by atoms with Gasteiger partial charge in [-0.15, -0.1) is 11.5 Å². The van der Waals surface area contributed by atoms with Crippen molar-refractivity contribution in [1.82, 2.24) is 0 Å². The van der Waals surface area contributed by atoms with Gasteiger partial charge in [-0.1, -0.05) is 175 Å². The zero-order chi connectivity index (χ0) is 38.1. The summed E-state index contributed by atoms with van der Waals surface area (Å²) in [6.07, 6.45) is 24.2. The van der Waals surface area contributed by atoms with Gasteiger partial charge in [0.25, 0.3) is 0 Å². The summed E-state index contributed by atoms with van der Waals surface area (Å²) in [4.78, 5) is 9.17. The van der Waals surface area contributed by atoms with E-state index >= 15 is 0 Å². The molecule has 3 nitrogen and oxygen atoms in total. The predicted molar refractivity (Wildman–Crippen MR) is 229 cm³/mol. The van der Waals surface area contributed by atoms with Gasteiger partial charge < -0.3 is 15.0 Å². The first-order chi connectivity index (χ1) is 22.3. The summed E-state index contributed by atoms with van der Waals surface area (Å²) >= 11 is 0. The van der Waals surface area contributed by atoms with Gasteiger partial charge in [-0.3, -0.25) is 0 Å². The number of aldehydes is 1. The molecule has 0 aliphatic rings. The lowest BCUT2D eigenvalue weighted by Gasteiger charge is -2.25. The zero-order valence-corrected chi connectivity index (χ0v) is 38.4. The average Bonchev–Trinajstić information content (AvgIpc) is 3.00. The minimum absolute atomic E-state index is 0.196. The fourth-order valence-electron chi connectivity index (χ4n) is 4.87. The lowest BCUT2D eigenvalue weighted by atomic mass is 10.0.